The zero-order valence-electron chi connectivity index (χ0n) is 9.29. The van der Waals surface area contributed by atoms with Gasteiger partial charge in [0.2, 0.25) is 10.0 Å². The molecule has 1 atom stereocenters. The van der Waals surface area contributed by atoms with Gasteiger partial charge in [-0.15, -0.1) is 0 Å². The first-order valence-electron chi connectivity index (χ1n) is 4.97. The van der Waals surface area contributed by atoms with Crippen LogP contribution in [0.3, 0.4) is 0 Å². The standard InChI is InChI=1S/C9H20N2O2S/c1-7(2)14(12,13)11-8-5-10-6-9(8,3)4/h7-8,10-11H,5-6H2,1-4H3. The minimum absolute atomic E-state index is 0.00194. The van der Waals surface area contributed by atoms with Crippen molar-refractivity contribution < 1.29 is 8.42 Å². The molecular weight excluding hydrogens is 200 g/mol. The molecule has 1 heterocycles. The zero-order chi connectivity index (χ0) is 11.0. The van der Waals surface area contributed by atoms with Crippen LogP contribution in [0.4, 0.5) is 0 Å². The number of rotatable bonds is 3. The fourth-order valence-corrected chi connectivity index (χ4v) is 2.54. The Morgan fingerprint density at radius 2 is 2.00 bits per heavy atom. The maximum absolute atomic E-state index is 11.6. The molecule has 1 saturated heterocycles. The van der Waals surface area contributed by atoms with Crippen molar-refractivity contribution in [3.05, 3.63) is 0 Å². The van der Waals surface area contributed by atoms with Crippen LogP contribution in [0, 0.1) is 5.41 Å². The summed E-state index contributed by atoms with van der Waals surface area (Å²) in [6, 6.07) is 0.00917. The largest absolute Gasteiger partial charge is 0.315 e. The van der Waals surface area contributed by atoms with Gasteiger partial charge in [0.15, 0.2) is 0 Å². The Morgan fingerprint density at radius 3 is 2.36 bits per heavy atom. The second-order valence-corrected chi connectivity index (χ2v) is 7.15. The molecule has 1 aliphatic heterocycles. The van der Waals surface area contributed by atoms with E-state index in [9.17, 15) is 8.42 Å². The predicted molar refractivity (Wildman–Crippen MR) is 57.6 cm³/mol. The summed E-state index contributed by atoms with van der Waals surface area (Å²) < 4.78 is 26.0. The molecule has 84 valence electrons. The van der Waals surface area contributed by atoms with Crippen LogP contribution in [0.15, 0.2) is 0 Å². The van der Waals surface area contributed by atoms with Crippen molar-refractivity contribution in [3.8, 4) is 0 Å². The van der Waals surface area contributed by atoms with Gasteiger partial charge in [0.1, 0.15) is 0 Å². The van der Waals surface area contributed by atoms with E-state index in [4.69, 9.17) is 0 Å². The highest BCUT2D eigenvalue weighted by atomic mass is 32.2. The summed E-state index contributed by atoms with van der Waals surface area (Å²) in [5.74, 6) is 0. The maximum atomic E-state index is 11.6. The highest BCUT2D eigenvalue weighted by Gasteiger charge is 2.37. The Morgan fingerprint density at radius 1 is 1.43 bits per heavy atom. The second-order valence-electron chi connectivity index (χ2n) is 4.88. The Bertz CT molecular complexity index is 296. The van der Waals surface area contributed by atoms with Crippen LogP contribution in [-0.4, -0.2) is 32.8 Å². The Kier molecular flexibility index (Phi) is 3.23. The predicted octanol–water partition coefficient (Wildman–Crippen LogP) is 0.312. The van der Waals surface area contributed by atoms with Crippen LogP contribution in [0.25, 0.3) is 0 Å². The van der Waals surface area contributed by atoms with Gasteiger partial charge in [-0.2, -0.15) is 0 Å². The molecule has 1 rings (SSSR count). The summed E-state index contributed by atoms with van der Waals surface area (Å²) in [7, 11) is -3.14. The first-order valence-corrected chi connectivity index (χ1v) is 6.52. The van der Waals surface area contributed by atoms with E-state index in [-0.39, 0.29) is 16.7 Å². The fourth-order valence-electron chi connectivity index (χ4n) is 1.47. The molecule has 4 nitrogen and oxygen atoms in total. The molecular formula is C9H20N2O2S. The average Bonchev–Trinajstić information content (AvgIpc) is 2.30. The molecule has 0 bridgehead atoms. The van der Waals surface area contributed by atoms with Gasteiger partial charge < -0.3 is 5.32 Å². The fraction of sp³-hybridized carbons (Fsp3) is 1.00. The molecule has 5 heteroatoms. The Hall–Kier alpha value is -0.130. The minimum Gasteiger partial charge on any atom is -0.315 e. The molecule has 0 aromatic rings. The molecule has 0 aliphatic carbocycles. The normalized spacial score (nSPS) is 27.1. The van der Waals surface area contributed by atoms with Crippen LogP contribution < -0.4 is 10.0 Å². The molecule has 0 radical (unpaired) electrons. The van der Waals surface area contributed by atoms with Crippen LogP contribution in [0.1, 0.15) is 27.7 Å². The van der Waals surface area contributed by atoms with E-state index < -0.39 is 10.0 Å². The summed E-state index contributed by atoms with van der Waals surface area (Å²) in [4.78, 5) is 0. The minimum atomic E-state index is -3.14. The third-order valence-electron chi connectivity index (χ3n) is 2.80. The number of nitrogens with one attached hydrogen (secondary N) is 2. The Labute approximate surface area is 86.5 Å². The van der Waals surface area contributed by atoms with E-state index in [0.717, 1.165) is 13.1 Å². The third-order valence-corrected chi connectivity index (χ3v) is 4.65. The molecule has 0 spiro atoms. The van der Waals surface area contributed by atoms with E-state index in [1.54, 1.807) is 13.8 Å². The van der Waals surface area contributed by atoms with Crippen molar-refractivity contribution in [3.63, 3.8) is 0 Å². The molecule has 0 amide bonds. The van der Waals surface area contributed by atoms with E-state index in [0.29, 0.717) is 0 Å². The lowest BCUT2D eigenvalue weighted by Gasteiger charge is -2.27. The molecule has 0 aromatic heterocycles. The maximum Gasteiger partial charge on any atom is 0.214 e. The SMILES string of the molecule is CC(C)S(=O)(=O)NC1CNCC1(C)C. The van der Waals surface area contributed by atoms with Gasteiger partial charge in [-0.3, -0.25) is 0 Å². The molecule has 0 aromatic carbocycles. The van der Waals surface area contributed by atoms with Crippen molar-refractivity contribution >= 4 is 10.0 Å². The average molecular weight is 220 g/mol. The third kappa shape index (κ3) is 2.46. The zero-order valence-corrected chi connectivity index (χ0v) is 10.1. The highest BCUT2D eigenvalue weighted by molar-refractivity contribution is 7.90. The van der Waals surface area contributed by atoms with Crippen LogP contribution >= 0.6 is 0 Å². The van der Waals surface area contributed by atoms with Crippen molar-refractivity contribution in [1.29, 1.82) is 0 Å². The quantitative estimate of drug-likeness (QED) is 0.720. The molecule has 1 unspecified atom stereocenters. The van der Waals surface area contributed by atoms with Crippen molar-refractivity contribution in [2.24, 2.45) is 5.41 Å². The van der Waals surface area contributed by atoms with Crippen molar-refractivity contribution in [2.45, 2.75) is 39.0 Å². The lowest BCUT2D eigenvalue weighted by molar-refractivity contribution is 0.340. The Balaban J connectivity index is 2.70. The molecule has 0 saturated carbocycles. The van der Waals surface area contributed by atoms with E-state index in [2.05, 4.69) is 23.9 Å². The van der Waals surface area contributed by atoms with Crippen molar-refractivity contribution in [1.82, 2.24) is 10.0 Å². The summed E-state index contributed by atoms with van der Waals surface area (Å²) >= 11 is 0. The smallest absolute Gasteiger partial charge is 0.214 e. The number of hydrogen-bond acceptors (Lipinski definition) is 3. The van der Waals surface area contributed by atoms with Crippen LogP contribution in [-0.2, 0) is 10.0 Å². The lowest BCUT2D eigenvalue weighted by atomic mass is 9.89. The van der Waals surface area contributed by atoms with E-state index in [1.807, 2.05) is 0 Å². The summed E-state index contributed by atoms with van der Waals surface area (Å²) in [6.45, 7) is 9.10. The second kappa shape index (κ2) is 3.79. The molecule has 2 N–H and O–H groups in total. The van der Waals surface area contributed by atoms with Gasteiger partial charge in [-0.25, -0.2) is 13.1 Å². The van der Waals surface area contributed by atoms with Gasteiger partial charge in [-0.1, -0.05) is 13.8 Å². The van der Waals surface area contributed by atoms with Crippen molar-refractivity contribution in [2.75, 3.05) is 13.1 Å². The van der Waals surface area contributed by atoms with Crippen LogP contribution in [0.5, 0.6) is 0 Å². The van der Waals surface area contributed by atoms with Gasteiger partial charge >= 0.3 is 0 Å². The molecule has 14 heavy (non-hydrogen) atoms. The van der Waals surface area contributed by atoms with Gasteiger partial charge in [-0.05, 0) is 19.3 Å². The first kappa shape index (κ1) is 11.9. The van der Waals surface area contributed by atoms with E-state index >= 15 is 0 Å². The highest BCUT2D eigenvalue weighted by Crippen LogP contribution is 2.24. The summed E-state index contributed by atoms with van der Waals surface area (Å²) in [6.07, 6.45) is 0. The van der Waals surface area contributed by atoms with Gasteiger partial charge in [0.25, 0.3) is 0 Å². The topological polar surface area (TPSA) is 58.2 Å². The number of sulfonamides is 1. The first-order chi connectivity index (χ1) is 6.26. The van der Waals surface area contributed by atoms with Gasteiger partial charge in [0, 0.05) is 19.1 Å². The lowest BCUT2D eigenvalue weighted by Crippen LogP contribution is -2.46. The monoisotopic (exact) mass is 220 g/mol. The molecule has 1 aliphatic rings. The molecule has 1 fully saturated rings. The summed E-state index contributed by atoms with van der Waals surface area (Å²) in [5, 5.41) is 2.84. The number of hydrogen-bond donors (Lipinski definition) is 2. The van der Waals surface area contributed by atoms with Gasteiger partial charge in [0.05, 0.1) is 5.25 Å². The summed E-state index contributed by atoms with van der Waals surface area (Å²) in [5.41, 5.74) is 0.00194. The van der Waals surface area contributed by atoms with Crippen LogP contribution in [0.2, 0.25) is 0 Å². The van der Waals surface area contributed by atoms with E-state index in [1.165, 1.54) is 0 Å².